The Balaban J connectivity index is 1.83. The summed E-state index contributed by atoms with van der Waals surface area (Å²) in [6, 6.07) is 7.31. The van der Waals surface area contributed by atoms with E-state index in [0.29, 0.717) is 17.4 Å². The third kappa shape index (κ3) is 3.62. The zero-order chi connectivity index (χ0) is 17.3. The van der Waals surface area contributed by atoms with Crippen molar-refractivity contribution in [2.75, 3.05) is 29.0 Å². The summed E-state index contributed by atoms with van der Waals surface area (Å²) in [5.74, 6) is -2.25. The summed E-state index contributed by atoms with van der Waals surface area (Å²) in [6.07, 6.45) is -0.240. The van der Waals surface area contributed by atoms with Crippen LogP contribution in [-0.2, 0) is 6.54 Å². The maximum absolute atomic E-state index is 13.4. The van der Waals surface area contributed by atoms with Gasteiger partial charge in [-0.2, -0.15) is 9.97 Å². The van der Waals surface area contributed by atoms with Gasteiger partial charge in [-0.25, -0.2) is 8.78 Å². The number of halogens is 4. The van der Waals surface area contributed by atoms with E-state index in [0.717, 1.165) is 5.56 Å². The molecule has 1 fully saturated rings. The lowest BCUT2D eigenvalue weighted by atomic mass is 10.2. The van der Waals surface area contributed by atoms with Gasteiger partial charge in [-0.1, -0.05) is 29.8 Å². The fraction of sp³-hybridized carbons (Fsp3) is 0.333. The topological polar surface area (TPSA) is 67.1 Å². The summed E-state index contributed by atoms with van der Waals surface area (Å²) in [5.41, 5.74) is 7.09. The van der Waals surface area contributed by atoms with Crippen LogP contribution < -0.4 is 16.0 Å². The summed E-state index contributed by atoms with van der Waals surface area (Å²) in [4.78, 5) is 9.48. The Morgan fingerprint density at radius 3 is 2.67 bits per heavy atom. The van der Waals surface area contributed by atoms with E-state index in [1.54, 1.807) is 6.07 Å². The third-order valence-electron chi connectivity index (χ3n) is 3.77. The lowest BCUT2D eigenvalue weighted by Gasteiger charge is -2.20. The molecule has 2 heterocycles. The van der Waals surface area contributed by atoms with Crippen molar-refractivity contribution in [3.05, 3.63) is 40.1 Å². The zero-order valence-electron chi connectivity index (χ0n) is 12.6. The second-order valence-corrected chi connectivity index (χ2v) is 6.30. The molecule has 1 aliphatic rings. The first-order chi connectivity index (χ1) is 11.4. The molecular weight excluding hydrogens is 359 g/mol. The number of anilines is 3. The van der Waals surface area contributed by atoms with Crippen molar-refractivity contribution >= 4 is 40.5 Å². The molecule has 0 radical (unpaired) electrons. The average molecular weight is 374 g/mol. The van der Waals surface area contributed by atoms with Crippen molar-refractivity contribution in [3.63, 3.8) is 0 Å². The Morgan fingerprint density at radius 2 is 2.00 bits per heavy atom. The molecule has 0 aliphatic carbocycles. The molecule has 1 aromatic carbocycles. The number of nitrogen functional groups attached to an aromatic ring is 1. The minimum Gasteiger partial charge on any atom is -0.393 e. The highest BCUT2D eigenvalue weighted by atomic mass is 35.5. The summed E-state index contributed by atoms with van der Waals surface area (Å²) in [7, 11) is 0. The van der Waals surface area contributed by atoms with Crippen LogP contribution in [0, 0.1) is 0 Å². The summed E-state index contributed by atoms with van der Waals surface area (Å²) in [6.45, 7) is 0.0931. The summed E-state index contributed by atoms with van der Waals surface area (Å²) in [5, 5.41) is 3.58. The maximum Gasteiger partial charge on any atom is 0.266 e. The van der Waals surface area contributed by atoms with Crippen molar-refractivity contribution in [2.24, 2.45) is 0 Å². The van der Waals surface area contributed by atoms with Gasteiger partial charge in [0.15, 0.2) is 11.6 Å². The first-order valence-electron chi connectivity index (χ1n) is 7.29. The molecule has 0 amide bonds. The smallest absolute Gasteiger partial charge is 0.266 e. The number of nitrogens with one attached hydrogen (secondary N) is 1. The first kappa shape index (κ1) is 17.0. The van der Waals surface area contributed by atoms with Crippen LogP contribution in [0.3, 0.4) is 0 Å². The number of rotatable bonds is 4. The van der Waals surface area contributed by atoms with E-state index in [2.05, 4.69) is 15.3 Å². The van der Waals surface area contributed by atoms with Gasteiger partial charge in [0.1, 0.15) is 5.69 Å². The molecule has 1 saturated heterocycles. The highest BCUT2D eigenvalue weighted by Gasteiger charge is 2.39. The van der Waals surface area contributed by atoms with Gasteiger partial charge in [-0.3, -0.25) is 0 Å². The number of aromatic nitrogens is 2. The SMILES string of the molecule is Nc1c(NCc2ccccc2Cl)nc(Cl)nc1N1CCC(F)(F)C1. The van der Waals surface area contributed by atoms with E-state index in [4.69, 9.17) is 28.9 Å². The largest absolute Gasteiger partial charge is 0.393 e. The van der Waals surface area contributed by atoms with E-state index < -0.39 is 12.5 Å². The Labute approximate surface area is 147 Å². The molecular formula is C15H15Cl2F2N5. The van der Waals surface area contributed by atoms with Crippen LogP contribution in [-0.4, -0.2) is 29.0 Å². The molecule has 9 heteroatoms. The van der Waals surface area contributed by atoms with Gasteiger partial charge in [-0.05, 0) is 23.2 Å². The van der Waals surface area contributed by atoms with Crippen LogP contribution in [0.25, 0.3) is 0 Å². The summed E-state index contributed by atoms with van der Waals surface area (Å²) < 4.78 is 26.9. The van der Waals surface area contributed by atoms with Gasteiger partial charge in [0.25, 0.3) is 5.92 Å². The van der Waals surface area contributed by atoms with E-state index >= 15 is 0 Å². The molecule has 1 aliphatic heterocycles. The quantitative estimate of drug-likeness (QED) is 0.797. The van der Waals surface area contributed by atoms with Gasteiger partial charge < -0.3 is 16.0 Å². The molecule has 1 aromatic heterocycles. The lowest BCUT2D eigenvalue weighted by molar-refractivity contribution is 0.0257. The van der Waals surface area contributed by atoms with Gasteiger partial charge in [0, 0.05) is 24.5 Å². The molecule has 0 spiro atoms. The van der Waals surface area contributed by atoms with Gasteiger partial charge in [0.05, 0.1) is 6.54 Å². The van der Waals surface area contributed by atoms with Crippen molar-refractivity contribution < 1.29 is 8.78 Å². The normalized spacial score (nSPS) is 16.4. The minimum absolute atomic E-state index is 0.0592. The highest BCUT2D eigenvalue weighted by molar-refractivity contribution is 6.31. The Kier molecular flexibility index (Phi) is 4.64. The predicted octanol–water partition coefficient (Wildman–Crippen LogP) is 3.82. The second kappa shape index (κ2) is 6.57. The molecule has 24 heavy (non-hydrogen) atoms. The Bertz CT molecular complexity index is 757. The second-order valence-electron chi connectivity index (χ2n) is 5.55. The number of alkyl halides is 2. The van der Waals surface area contributed by atoms with Crippen molar-refractivity contribution in [1.29, 1.82) is 0 Å². The number of hydrogen-bond donors (Lipinski definition) is 2. The molecule has 0 saturated carbocycles. The van der Waals surface area contributed by atoms with E-state index in [1.165, 1.54) is 4.90 Å². The van der Waals surface area contributed by atoms with Crippen molar-refractivity contribution in [1.82, 2.24) is 9.97 Å². The maximum atomic E-state index is 13.4. The number of hydrogen-bond acceptors (Lipinski definition) is 5. The fourth-order valence-electron chi connectivity index (χ4n) is 2.54. The van der Waals surface area contributed by atoms with Crippen LogP contribution in [0.2, 0.25) is 10.3 Å². The Hall–Kier alpha value is -1.86. The summed E-state index contributed by atoms with van der Waals surface area (Å²) >= 11 is 12.0. The number of nitrogens with two attached hydrogens (primary N) is 1. The van der Waals surface area contributed by atoms with Gasteiger partial charge in [0.2, 0.25) is 5.28 Å². The van der Waals surface area contributed by atoms with E-state index in [9.17, 15) is 8.78 Å². The van der Waals surface area contributed by atoms with Gasteiger partial charge >= 0.3 is 0 Å². The molecule has 128 valence electrons. The lowest BCUT2D eigenvalue weighted by Crippen LogP contribution is -2.27. The fourth-order valence-corrected chi connectivity index (χ4v) is 2.91. The van der Waals surface area contributed by atoms with Gasteiger partial charge in [-0.15, -0.1) is 0 Å². The molecule has 0 unspecified atom stereocenters. The van der Waals surface area contributed by atoms with Crippen LogP contribution in [0.5, 0.6) is 0 Å². The van der Waals surface area contributed by atoms with Crippen LogP contribution in [0.4, 0.5) is 26.1 Å². The molecule has 0 atom stereocenters. The average Bonchev–Trinajstić information content (AvgIpc) is 2.89. The molecule has 5 nitrogen and oxygen atoms in total. The van der Waals surface area contributed by atoms with Crippen LogP contribution in [0.1, 0.15) is 12.0 Å². The predicted molar refractivity (Wildman–Crippen MR) is 92.0 cm³/mol. The van der Waals surface area contributed by atoms with Crippen LogP contribution >= 0.6 is 23.2 Å². The highest BCUT2D eigenvalue weighted by Crippen LogP contribution is 2.35. The molecule has 3 N–H and O–H groups in total. The zero-order valence-corrected chi connectivity index (χ0v) is 14.1. The molecule has 2 aromatic rings. The van der Waals surface area contributed by atoms with E-state index in [1.807, 2.05) is 18.2 Å². The third-order valence-corrected chi connectivity index (χ3v) is 4.31. The van der Waals surface area contributed by atoms with Crippen molar-refractivity contribution in [3.8, 4) is 0 Å². The van der Waals surface area contributed by atoms with Crippen LogP contribution in [0.15, 0.2) is 24.3 Å². The Morgan fingerprint density at radius 1 is 1.25 bits per heavy atom. The number of nitrogens with zero attached hydrogens (tertiary/aromatic N) is 3. The first-order valence-corrected chi connectivity index (χ1v) is 8.04. The molecule has 0 bridgehead atoms. The molecule has 3 rings (SSSR count). The number of benzene rings is 1. The minimum atomic E-state index is -2.75. The standard InChI is InChI=1S/C15H15Cl2F2N5/c16-10-4-2-1-3-9(10)7-21-12-11(20)13(23-14(17)22-12)24-6-5-15(18,19)8-24/h1-4H,5-8,20H2,(H,21,22,23). The monoisotopic (exact) mass is 373 g/mol. The van der Waals surface area contributed by atoms with E-state index in [-0.39, 0.29) is 29.8 Å². The van der Waals surface area contributed by atoms with Crippen molar-refractivity contribution in [2.45, 2.75) is 18.9 Å².